The summed E-state index contributed by atoms with van der Waals surface area (Å²) >= 11 is 3.30. The third kappa shape index (κ3) is 3.14. The Hall–Kier alpha value is -1.95. The third-order valence-electron chi connectivity index (χ3n) is 2.71. The fourth-order valence-corrected chi connectivity index (χ4v) is 1.92. The van der Waals surface area contributed by atoms with Crippen LogP contribution in [0.4, 0.5) is 14.5 Å². The van der Waals surface area contributed by atoms with Gasteiger partial charge in [-0.05, 0) is 29.8 Å². The van der Waals surface area contributed by atoms with Gasteiger partial charge in [-0.1, -0.05) is 28.1 Å². The van der Waals surface area contributed by atoms with Gasteiger partial charge in [-0.15, -0.1) is 0 Å². The molecule has 0 fully saturated rings. The first-order valence-electron chi connectivity index (χ1n) is 5.68. The van der Waals surface area contributed by atoms with Crippen molar-refractivity contribution in [3.63, 3.8) is 0 Å². The molecular weight excluding hydrogens is 332 g/mol. The van der Waals surface area contributed by atoms with Gasteiger partial charge in [0.2, 0.25) is 0 Å². The summed E-state index contributed by atoms with van der Waals surface area (Å²) in [4.78, 5) is 10.7. The summed E-state index contributed by atoms with van der Waals surface area (Å²) in [5, 5.41) is 11.4. The van der Waals surface area contributed by atoms with Crippen LogP contribution >= 0.6 is 15.9 Å². The van der Waals surface area contributed by atoms with Gasteiger partial charge < -0.3 is 10.4 Å². The van der Waals surface area contributed by atoms with Crippen LogP contribution in [0.1, 0.15) is 15.9 Å². The summed E-state index contributed by atoms with van der Waals surface area (Å²) in [7, 11) is 0. The lowest BCUT2D eigenvalue weighted by Crippen LogP contribution is -2.07. The maximum atomic E-state index is 13.7. The molecule has 0 aliphatic rings. The average Bonchev–Trinajstić information content (AvgIpc) is 2.42. The second-order valence-electron chi connectivity index (χ2n) is 4.07. The number of hydrogen-bond acceptors (Lipinski definition) is 2. The van der Waals surface area contributed by atoms with Crippen molar-refractivity contribution in [2.45, 2.75) is 6.54 Å². The van der Waals surface area contributed by atoms with E-state index in [0.717, 1.165) is 16.1 Å². The van der Waals surface area contributed by atoms with E-state index >= 15 is 0 Å². The Balaban J connectivity index is 2.16. The lowest BCUT2D eigenvalue weighted by Gasteiger charge is -2.09. The fourth-order valence-electron chi connectivity index (χ4n) is 1.65. The second-order valence-corrected chi connectivity index (χ2v) is 4.99. The number of aromatic carboxylic acids is 1. The van der Waals surface area contributed by atoms with E-state index in [1.807, 2.05) is 24.3 Å². The minimum Gasteiger partial charge on any atom is -0.478 e. The average molecular weight is 342 g/mol. The molecule has 0 bridgehead atoms. The van der Waals surface area contributed by atoms with Gasteiger partial charge in [-0.25, -0.2) is 13.6 Å². The zero-order valence-electron chi connectivity index (χ0n) is 10.2. The van der Waals surface area contributed by atoms with Crippen LogP contribution in [-0.2, 0) is 6.54 Å². The smallest absolute Gasteiger partial charge is 0.338 e. The predicted octanol–water partition coefficient (Wildman–Crippen LogP) is 4.04. The molecule has 0 amide bonds. The molecule has 0 saturated heterocycles. The fraction of sp³-hybridized carbons (Fsp3) is 0.0714. The number of hydrogen-bond donors (Lipinski definition) is 2. The summed E-state index contributed by atoms with van der Waals surface area (Å²) in [5.74, 6) is -4.05. The monoisotopic (exact) mass is 341 g/mol. The van der Waals surface area contributed by atoms with Crippen molar-refractivity contribution >= 4 is 27.6 Å². The minimum atomic E-state index is -1.50. The highest BCUT2D eigenvalue weighted by atomic mass is 79.9. The van der Waals surface area contributed by atoms with Gasteiger partial charge >= 0.3 is 5.97 Å². The van der Waals surface area contributed by atoms with Crippen molar-refractivity contribution < 1.29 is 18.7 Å². The zero-order valence-corrected chi connectivity index (χ0v) is 11.7. The maximum absolute atomic E-state index is 13.7. The number of halogens is 3. The number of benzene rings is 2. The standard InChI is InChI=1S/C14H10BrF2NO2/c15-9-3-1-8(2-4-9)7-18-11-6-5-10(14(19)20)12(16)13(11)17/h1-6,18H,7H2,(H,19,20). The van der Waals surface area contributed by atoms with Crippen molar-refractivity contribution in [3.8, 4) is 0 Å². The summed E-state index contributed by atoms with van der Waals surface area (Å²) in [6.45, 7) is 0.302. The number of carboxylic acid groups (broad SMARTS) is 1. The van der Waals surface area contributed by atoms with Crippen molar-refractivity contribution in [2.24, 2.45) is 0 Å². The van der Waals surface area contributed by atoms with Gasteiger partial charge in [0.25, 0.3) is 0 Å². The quantitative estimate of drug-likeness (QED) is 0.882. The highest BCUT2D eigenvalue weighted by Crippen LogP contribution is 2.21. The Morgan fingerprint density at radius 1 is 1.10 bits per heavy atom. The number of rotatable bonds is 4. The van der Waals surface area contributed by atoms with Gasteiger partial charge in [-0.3, -0.25) is 0 Å². The van der Waals surface area contributed by atoms with Crippen LogP contribution in [-0.4, -0.2) is 11.1 Å². The van der Waals surface area contributed by atoms with Crippen LogP contribution in [0.25, 0.3) is 0 Å². The summed E-state index contributed by atoms with van der Waals surface area (Å²) < 4.78 is 28.1. The van der Waals surface area contributed by atoms with Gasteiger partial charge in [-0.2, -0.15) is 0 Å². The first-order valence-corrected chi connectivity index (χ1v) is 6.48. The van der Waals surface area contributed by atoms with Gasteiger partial charge in [0, 0.05) is 11.0 Å². The summed E-state index contributed by atoms with van der Waals surface area (Å²) in [5.41, 5.74) is 0.127. The molecule has 0 heterocycles. The van der Waals surface area contributed by atoms with Crippen molar-refractivity contribution in [2.75, 3.05) is 5.32 Å². The number of carbonyl (C=O) groups is 1. The van der Waals surface area contributed by atoms with Crippen LogP contribution < -0.4 is 5.32 Å². The molecule has 0 unspecified atom stereocenters. The van der Waals surface area contributed by atoms with Crippen molar-refractivity contribution in [1.29, 1.82) is 0 Å². The Morgan fingerprint density at radius 3 is 2.35 bits per heavy atom. The Bertz CT molecular complexity index is 644. The topological polar surface area (TPSA) is 49.3 Å². The molecule has 2 aromatic carbocycles. The minimum absolute atomic E-state index is 0.0737. The molecule has 0 aliphatic heterocycles. The van der Waals surface area contributed by atoms with Gasteiger partial charge in [0.15, 0.2) is 11.6 Å². The molecule has 6 heteroatoms. The molecule has 0 saturated carbocycles. The molecule has 2 rings (SSSR count). The first-order chi connectivity index (χ1) is 9.49. The van der Waals surface area contributed by atoms with Crippen LogP contribution in [0.2, 0.25) is 0 Å². The highest BCUT2D eigenvalue weighted by molar-refractivity contribution is 9.10. The SMILES string of the molecule is O=C(O)c1ccc(NCc2ccc(Br)cc2)c(F)c1F. The molecule has 104 valence electrons. The molecule has 2 N–H and O–H groups in total. The van der Waals surface area contributed by atoms with E-state index in [0.29, 0.717) is 6.54 Å². The molecule has 3 nitrogen and oxygen atoms in total. The molecule has 0 atom stereocenters. The molecule has 0 aromatic heterocycles. The summed E-state index contributed by atoms with van der Waals surface area (Å²) in [6, 6.07) is 9.57. The van der Waals surface area contributed by atoms with Crippen LogP contribution in [0.3, 0.4) is 0 Å². The predicted molar refractivity (Wildman–Crippen MR) is 74.8 cm³/mol. The van der Waals surface area contributed by atoms with E-state index in [2.05, 4.69) is 21.2 Å². The molecule has 0 radical (unpaired) electrons. The second kappa shape index (κ2) is 6.00. The Morgan fingerprint density at radius 2 is 1.75 bits per heavy atom. The Kier molecular flexibility index (Phi) is 4.34. The van der Waals surface area contributed by atoms with Gasteiger partial charge in [0.1, 0.15) is 0 Å². The zero-order chi connectivity index (χ0) is 14.7. The molecule has 0 aliphatic carbocycles. The Labute approximate surface area is 122 Å². The summed E-state index contributed by atoms with van der Waals surface area (Å²) in [6.07, 6.45) is 0. The van der Waals surface area contributed by atoms with Gasteiger partial charge in [0.05, 0.1) is 11.3 Å². The van der Waals surface area contributed by atoms with Crippen molar-refractivity contribution in [1.82, 2.24) is 0 Å². The highest BCUT2D eigenvalue weighted by Gasteiger charge is 2.17. The largest absolute Gasteiger partial charge is 0.478 e. The van der Waals surface area contributed by atoms with E-state index in [4.69, 9.17) is 5.11 Å². The third-order valence-corrected chi connectivity index (χ3v) is 3.24. The van der Waals surface area contributed by atoms with Crippen molar-refractivity contribution in [3.05, 3.63) is 63.6 Å². The lowest BCUT2D eigenvalue weighted by atomic mass is 10.1. The first kappa shape index (κ1) is 14.5. The molecular formula is C14H10BrF2NO2. The van der Waals surface area contributed by atoms with E-state index in [-0.39, 0.29) is 5.69 Å². The molecule has 20 heavy (non-hydrogen) atoms. The van der Waals surface area contributed by atoms with Crippen LogP contribution in [0.15, 0.2) is 40.9 Å². The van der Waals surface area contributed by atoms with Crippen LogP contribution in [0.5, 0.6) is 0 Å². The molecule has 2 aromatic rings. The van der Waals surface area contributed by atoms with E-state index in [1.54, 1.807) is 0 Å². The van der Waals surface area contributed by atoms with E-state index in [9.17, 15) is 13.6 Å². The van der Waals surface area contributed by atoms with E-state index in [1.165, 1.54) is 6.07 Å². The maximum Gasteiger partial charge on any atom is 0.338 e. The normalized spacial score (nSPS) is 10.3. The molecule has 0 spiro atoms. The number of anilines is 1. The van der Waals surface area contributed by atoms with E-state index < -0.39 is 23.2 Å². The van der Waals surface area contributed by atoms with Crippen LogP contribution in [0, 0.1) is 11.6 Å². The number of carboxylic acids is 1. The number of nitrogens with one attached hydrogen (secondary N) is 1. The lowest BCUT2D eigenvalue weighted by molar-refractivity contribution is 0.0690.